The molecular weight excluding hydrogens is 398 g/mol. The molecule has 1 aliphatic heterocycles. The van der Waals surface area contributed by atoms with Crippen molar-refractivity contribution >= 4 is 31.4 Å². The summed E-state index contributed by atoms with van der Waals surface area (Å²) >= 11 is 0. The van der Waals surface area contributed by atoms with Gasteiger partial charge in [-0.2, -0.15) is 9.52 Å². The lowest BCUT2D eigenvalue weighted by molar-refractivity contribution is 0.372. The molecule has 150 valence electrons. The van der Waals surface area contributed by atoms with Gasteiger partial charge in [-0.3, -0.25) is 4.72 Å². The highest BCUT2D eigenvalue weighted by atomic mass is 32.2. The molecule has 0 saturated heterocycles. The first-order chi connectivity index (χ1) is 13.1. The number of hydrazone groups is 1. The van der Waals surface area contributed by atoms with Crippen LogP contribution in [0.3, 0.4) is 0 Å². The molecule has 7 nitrogen and oxygen atoms in total. The molecule has 0 radical (unpaired) electrons. The third kappa shape index (κ3) is 4.53. The summed E-state index contributed by atoms with van der Waals surface area (Å²) in [6.07, 6.45) is 1.53. The number of sulfonamides is 2. The summed E-state index contributed by atoms with van der Waals surface area (Å²) in [5, 5.41) is 4.41. The minimum Gasteiger partial charge on any atom is -0.284 e. The molecule has 1 N–H and O–H groups in total. The largest absolute Gasteiger partial charge is 0.284 e. The van der Waals surface area contributed by atoms with Crippen LogP contribution >= 0.6 is 0 Å². The van der Waals surface area contributed by atoms with Crippen molar-refractivity contribution in [3.05, 3.63) is 65.2 Å². The van der Waals surface area contributed by atoms with Gasteiger partial charge in [-0.1, -0.05) is 42.0 Å². The topological polar surface area (TPSA) is 95.9 Å². The Kier molecular flexibility index (Phi) is 5.49. The third-order valence-corrected chi connectivity index (χ3v) is 6.75. The van der Waals surface area contributed by atoms with Crippen molar-refractivity contribution in [1.29, 1.82) is 0 Å². The third-order valence-electron chi connectivity index (χ3n) is 4.51. The first-order valence-electron chi connectivity index (χ1n) is 8.83. The van der Waals surface area contributed by atoms with Crippen LogP contribution in [0.15, 0.2) is 53.6 Å². The Balaban J connectivity index is 1.93. The smallest absolute Gasteiger partial charge is 0.250 e. The number of hydrogen-bond donors (Lipinski definition) is 1. The molecule has 0 spiro atoms. The highest BCUT2D eigenvalue weighted by molar-refractivity contribution is 7.92. The first-order valence-corrected chi connectivity index (χ1v) is 12.3. The summed E-state index contributed by atoms with van der Waals surface area (Å²) < 4.78 is 51.5. The predicted molar refractivity (Wildman–Crippen MR) is 111 cm³/mol. The second-order valence-electron chi connectivity index (χ2n) is 6.80. The van der Waals surface area contributed by atoms with Gasteiger partial charge < -0.3 is 0 Å². The minimum atomic E-state index is -3.52. The number of benzene rings is 2. The highest BCUT2D eigenvalue weighted by Crippen LogP contribution is 2.35. The molecule has 0 saturated carbocycles. The average molecular weight is 422 g/mol. The van der Waals surface area contributed by atoms with Crippen LogP contribution in [0.25, 0.3) is 0 Å². The van der Waals surface area contributed by atoms with E-state index in [4.69, 9.17) is 0 Å². The van der Waals surface area contributed by atoms with Gasteiger partial charge in [-0.05, 0) is 37.1 Å². The fraction of sp³-hybridized carbons (Fsp3) is 0.316. The van der Waals surface area contributed by atoms with E-state index in [0.29, 0.717) is 17.8 Å². The summed E-state index contributed by atoms with van der Waals surface area (Å²) in [7, 11) is -6.88. The Labute approximate surface area is 166 Å². The Morgan fingerprint density at radius 1 is 1.04 bits per heavy atom. The number of hydrogen-bond acceptors (Lipinski definition) is 5. The molecule has 0 aliphatic carbocycles. The van der Waals surface area contributed by atoms with E-state index in [1.807, 2.05) is 31.2 Å². The Bertz CT molecular complexity index is 1090. The zero-order chi connectivity index (χ0) is 20.5. The van der Waals surface area contributed by atoms with E-state index in [2.05, 4.69) is 9.82 Å². The van der Waals surface area contributed by atoms with E-state index >= 15 is 0 Å². The summed E-state index contributed by atoms with van der Waals surface area (Å²) in [6, 6.07) is 14.1. The molecular formula is C19H23N3O4S2. The fourth-order valence-corrected chi connectivity index (χ4v) is 4.67. The van der Waals surface area contributed by atoms with Gasteiger partial charge in [0.15, 0.2) is 0 Å². The van der Waals surface area contributed by atoms with Crippen molar-refractivity contribution in [2.24, 2.45) is 5.10 Å². The summed E-state index contributed by atoms with van der Waals surface area (Å²) in [4.78, 5) is 0. The SMILES string of the molecule is CCS(=O)(=O)N1N=C(c2ccc(NS(C)(=O)=O)cc2)C[C@H]1c1ccc(C)cc1. The van der Waals surface area contributed by atoms with Gasteiger partial charge in [0.1, 0.15) is 0 Å². The monoisotopic (exact) mass is 421 g/mol. The van der Waals surface area contributed by atoms with E-state index < -0.39 is 26.1 Å². The maximum absolute atomic E-state index is 12.6. The van der Waals surface area contributed by atoms with Gasteiger partial charge in [0.25, 0.3) is 0 Å². The molecule has 0 amide bonds. The molecule has 1 heterocycles. The summed E-state index contributed by atoms with van der Waals surface area (Å²) in [5.41, 5.74) is 3.83. The average Bonchev–Trinajstić information content (AvgIpc) is 3.08. The van der Waals surface area contributed by atoms with Crippen molar-refractivity contribution in [2.75, 3.05) is 16.7 Å². The molecule has 2 aromatic carbocycles. The highest BCUT2D eigenvalue weighted by Gasteiger charge is 2.35. The molecule has 0 fully saturated rings. The molecule has 9 heteroatoms. The normalized spacial score (nSPS) is 17.5. The van der Waals surface area contributed by atoms with Gasteiger partial charge in [0.2, 0.25) is 20.0 Å². The van der Waals surface area contributed by atoms with E-state index in [1.54, 1.807) is 31.2 Å². The van der Waals surface area contributed by atoms with Gasteiger partial charge in [-0.15, -0.1) is 0 Å². The standard InChI is InChI=1S/C19H23N3O4S2/c1-4-28(25,26)22-19(16-7-5-14(2)6-8-16)13-18(20-22)15-9-11-17(12-10-15)21-27(3,23)24/h5-12,19,21H,4,13H2,1-3H3/t19-/m0/s1. The van der Waals surface area contributed by atoms with Crippen LogP contribution in [-0.2, 0) is 20.0 Å². The Morgan fingerprint density at radius 3 is 2.18 bits per heavy atom. The quantitative estimate of drug-likeness (QED) is 0.776. The summed E-state index contributed by atoms with van der Waals surface area (Å²) in [5.74, 6) is -0.0383. The van der Waals surface area contributed by atoms with E-state index in [9.17, 15) is 16.8 Å². The lowest BCUT2D eigenvalue weighted by Gasteiger charge is -2.22. The fourth-order valence-electron chi connectivity index (χ4n) is 3.03. The molecule has 3 rings (SSSR count). The molecule has 1 aliphatic rings. The number of anilines is 1. The van der Waals surface area contributed by atoms with Crippen LogP contribution in [0.5, 0.6) is 0 Å². The van der Waals surface area contributed by atoms with Gasteiger partial charge >= 0.3 is 0 Å². The van der Waals surface area contributed by atoms with E-state index in [1.165, 1.54) is 4.41 Å². The van der Waals surface area contributed by atoms with Crippen LogP contribution in [0.1, 0.15) is 36.1 Å². The summed E-state index contributed by atoms with van der Waals surface area (Å²) in [6.45, 7) is 3.58. The van der Waals surface area contributed by atoms with Crippen molar-refractivity contribution in [3.8, 4) is 0 Å². The maximum Gasteiger partial charge on any atom is 0.250 e. The molecule has 28 heavy (non-hydrogen) atoms. The minimum absolute atomic E-state index is 0.0383. The maximum atomic E-state index is 12.6. The second kappa shape index (κ2) is 7.56. The van der Waals surface area contributed by atoms with Crippen molar-refractivity contribution < 1.29 is 16.8 Å². The second-order valence-corrected chi connectivity index (χ2v) is 10.7. The number of nitrogens with zero attached hydrogens (tertiary/aromatic N) is 2. The van der Waals surface area contributed by atoms with Crippen LogP contribution in [0, 0.1) is 6.92 Å². The molecule has 2 aromatic rings. The zero-order valence-electron chi connectivity index (χ0n) is 16.0. The molecule has 1 atom stereocenters. The van der Waals surface area contributed by atoms with Crippen LogP contribution in [0.4, 0.5) is 5.69 Å². The van der Waals surface area contributed by atoms with E-state index in [0.717, 1.165) is 22.9 Å². The van der Waals surface area contributed by atoms with Crippen LogP contribution in [0.2, 0.25) is 0 Å². The van der Waals surface area contributed by atoms with Gasteiger partial charge in [0.05, 0.1) is 23.8 Å². The van der Waals surface area contributed by atoms with Crippen LogP contribution in [-0.4, -0.2) is 39.0 Å². The molecule has 0 unspecified atom stereocenters. The molecule has 0 aromatic heterocycles. The zero-order valence-corrected chi connectivity index (χ0v) is 17.6. The Morgan fingerprint density at radius 2 is 1.64 bits per heavy atom. The van der Waals surface area contributed by atoms with Crippen molar-refractivity contribution in [1.82, 2.24) is 4.41 Å². The number of nitrogens with one attached hydrogen (secondary N) is 1. The molecule has 0 bridgehead atoms. The van der Waals surface area contributed by atoms with Crippen molar-refractivity contribution in [2.45, 2.75) is 26.3 Å². The number of aryl methyl sites for hydroxylation is 1. The van der Waals surface area contributed by atoms with Crippen molar-refractivity contribution in [3.63, 3.8) is 0 Å². The van der Waals surface area contributed by atoms with Gasteiger partial charge in [0, 0.05) is 12.1 Å². The lowest BCUT2D eigenvalue weighted by atomic mass is 9.98. The van der Waals surface area contributed by atoms with Gasteiger partial charge in [-0.25, -0.2) is 16.8 Å². The number of rotatable bonds is 6. The predicted octanol–water partition coefficient (Wildman–Crippen LogP) is 2.87. The Hall–Kier alpha value is -2.39. The van der Waals surface area contributed by atoms with Crippen LogP contribution < -0.4 is 4.72 Å². The van der Waals surface area contributed by atoms with E-state index in [-0.39, 0.29) is 5.75 Å². The first kappa shape index (κ1) is 20.3. The lowest BCUT2D eigenvalue weighted by Crippen LogP contribution is -2.28.